The van der Waals surface area contributed by atoms with Gasteiger partial charge in [0, 0.05) is 38.9 Å². The van der Waals surface area contributed by atoms with Gasteiger partial charge >= 0.3 is 0 Å². The Morgan fingerprint density at radius 1 is 1.22 bits per heavy atom. The van der Waals surface area contributed by atoms with Gasteiger partial charge in [0.2, 0.25) is 5.91 Å². The molecule has 2 atom stereocenters. The standard InChI is InChI=1S/C19H30N2O5S/c1-15-13-21(14-16(2)26-15)11-10-20-19(22)5-4-12-25-17-6-8-18(9-7-17)27(3,23)24/h6-9,15-16H,4-5,10-14H2,1-3H3,(H,20,22). The minimum atomic E-state index is -3.20. The van der Waals surface area contributed by atoms with Gasteiger partial charge < -0.3 is 14.8 Å². The zero-order valence-electron chi connectivity index (χ0n) is 16.3. The third-order valence-electron chi connectivity index (χ3n) is 4.31. The molecular formula is C19H30N2O5S. The predicted molar refractivity (Wildman–Crippen MR) is 104 cm³/mol. The number of nitrogens with zero attached hydrogens (tertiary/aromatic N) is 1. The highest BCUT2D eigenvalue weighted by Gasteiger charge is 2.21. The quantitative estimate of drug-likeness (QED) is 0.634. The Bertz CT molecular complexity index is 695. The summed E-state index contributed by atoms with van der Waals surface area (Å²) in [6.45, 7) is 7.79. The van der Waals surface area contributed by atoms with Gasteiger partial charge in [-0.25, -0.2) is 8.42 Å². The maximum Gasteiger partial charge on any atom is 0.220 e. The molecule has 2 unspecified atom stereocenters. The SMILES string of the molecule is CC1CN(CCNC(=O)CCCOc2ccc(S(C)(=O)=O)cc2)CC(C)O1. The van der Waals surface area contributed by atoms with Crippen molar-refractivity contribution in [2.45, 2.75) is 43.8 Å². The van der Waals surface area contributed by atoms with Crippen LogP contribution >= 0.6 is 0 Å². The van der Waals surface area contributed by atoms with Crippen LogP contribution in [0.25, 0.3) is 0 Å². The number of carbonyl (C=O) groups excluding carboxylic acids is 1. The molecule has 1 aromatic carbocycles. The van der Waals surface area contributed by atoms with Crippen LogP contribution < -0.4 is 10.1 Å². The van der Waals surface area contributed by atoms with E-state index in [9.17, 15) is 13.2 Å². The van der Waals surface area contributed by atoms with Crippen LogP contribution in [-0.4, -0.2) is 70.5 Å². The van der Waals surface area contributed by atoms with E-state index in [-0.39, 0.29) is 23.0 Å². The molecule has 152 valence electrons. The average molecular weight is 399 g/mol. The van der Waals surface area contributed by atoms with Crippen molar-refractivity contribution in [1.82, 2.24) is 10.2 Å². The van der Waals surface area contributed by atoms with E-state index in [0.717, 1.165) is 19.6 Å². The van der Waals surface area contributed by atoms with Crippen LogP contribution in [-0.2, 0) is 19.4 Å². The monoisotopic (exact) mass is 398 g/mol. The number of amides is 1. The highest BCUT2D eigenvalue weighted by Crippen LogP contribution is 2.16. The first-order valence-corrected chi connectivity index (χ1v) is 11.2. The van der Waals surface area contributed by atoms with Gasteiger partial charge in [0.25, 0.3) is 0 Å². The predicted octanol–water partition coefficient (Wildman–Crippen LogP) is 1.47. The average Bonchev–Trinajstić information content (AvgIpc) is 2.57. The summed E-state index contributed by atoms with van der Waals surface area (Å²) < 4.78 is 34.1. The number of ether oxygens (including phenoxy) is 2. The van der Waals surface area contributed by atoms with Crippen LogP contribution in [0.5, 0.6) is 5.75 Å². The molecule has 2 rings (SSSR count). The van der Waals surface area contributed by atoms with Crippen molar-refractivity contribution >= 4 is 15.7 Å². The number of sulfone groups is 1. The molecule has 1 N–H and O–H groups in total. The lowest BCUT2D eigenvalue weighted by atomic mass is 10.2. The van der Waals surface area contributed by atoms with Crippen LogP contribution in [0.2, 0.25) is 0 Å². The Labute approximate surface area is 161 Å². The Morgan fingerprint density at radius 3 is 2.44 bits per heavy atom. The fourth-order valence-corrected chi connectivity index (χ4v) is 3.75. The summed E-state index contributed by atoms with van der Waals surface area (Å²) in [6.07, 6.45) is 2.63. The molecule has 27 heavy (non-hydrogen) atoms. The largest absolute Gasteiger partial charge is 0.494 e. The van der Waals surface area contributed by atoms with E-state index in [1.807, 2.05) is 0 Å². The molecule has 0 radical (unpaired) electrons. The lowest BCUT2D eigenvalue weighted by Crippen LogP contribution is -2.47. The zero-order valence-corrected chi connectivity index (χ0v) is 17.1. The van der Waals surface area contributed by atoms with Crippen molar-refractivity contribution in [2.24, 2.45) is 0 Å². The number of carbonyl (C=O) groups is 1. The number of rotatable bonds is 9. The van der Waals surface area contributed by atoms with E-state index in [4.69, 9.17) is 9.47 Å². The summed E-state index contributed by atoms with van der Waals surface area (Å²) in [5.41, 5.74) is 0. The number of benzene rings is 1. The number of nitrogens with one attached hydrogen (secondary N) is 1. The molecule has 1 aliphatic heterocycles. The molecule has 1 heterocycles. The summed E-state index contributed by atoms with van der Waals surface area (Å²) in [6, 6.07) is 6.29. The smallest absolute Gasteiger partial charge is 0.220 e. The van der Waals surface area contributed by atoms with Crippen LogP contribution in [0, 0.1) is 0 Å². The summed E-state index contributed by atoms with van der Waals surface area (Å²) in [5, 5.41) is 2.94. The van der Waals surface area contributed by atoms with Gasteiger partial charge in [0.05, 0.1) is 23.7 Å². The second-order valence-corrected chi connectivity index (χ2v) is 9.08. The second kappa shape index (κ2) is 10.1. The van der Waals surface area contributed by atoms with Crippen LogP contribution in [0.4, 0.5) is 0 Å². The maximum atomic E-state index is 11.9. The van der Waals surface area contributed by atoms with Gasteiger partial charge in [-0.2, -0.15) is 0 Å². The minimum Gasteiger partial charge on any atom is -0.494 e. The third-order valence-corrected chi connectivity index (χ3v) is 5.44. The van der Waals surface area contributed by atoms with Crippen LogP contribution in [0.15, 0.2) is 29.2 Å². The minimum absolute atomic E-state index is 0.0142. The van der Waals surface area contributed by atoms with E-state index in [1.165, 1.54) is 18.4 Å². The van der Waals surface area contributed by atoms with Crippen LogP contribution in [0.3, 0.4) is 0 Å². The molecule has 0 spiro atoms. The van der Waals surface area contributed by atoms with Crippen molar-refractivity contribution < 1.29 is 22.7 Å². The molecule has 1 saturated heterocycles. The summed E-state index contributed by atoms with van der Waals surface area (Å²) >= 11 is 0. The molecule has 0 aromatic heterocycles. The summed E-state index contributed by atoms with van der Waals surface area (Å²) in [7, 11) is -3.20. The van der Waals surface area contributed by atoms with Crippen molar-refractivity contribution in [2.75, 3.05) is 39.0 Å². The van der Waals surface area contributed by atoms with Crippen molar-refractivity contribution in [1.29, 1.82) is 0 Å². The molecule has 0 aliphatic carbocycles. The van der Waals surface area contributed by atoms with Crippen molar-refractivity contribution in [3.05, 3.63) is 24.3 Å². The van der Waals surface area contributed by atoms with Gasteiger partial charge in [0.1, 0.15) is 5.75 Å². The van der Waals surface area contributed by atoms with Gasteiger partial charge in [-0.3, -0.25) is 9.69 Å². The third kappa shape index (κ3) is 7.86. The molecule has 1 amide bonds. The summed E-state index contributed by atoms with van der Waals surface area (Å²) in [5.74, 6) is 0.610. The number of morpholine rings is 1. The molecular weight excluding hydrogens is 368 g/mol. The Hall–Kier alpha value is -1.64. The number of hydrogen-bond acceptors (Lipinski definition) is 6. The fraction of sp³-hybridized carbons (Fsp3) is 0.632. The molecule has 1 aliphatic rings. The topological polar surface area (TPSA) is 84.9 Å². The molecule has 0 bridgehead atoms. The van der Waals surface area contributed by atoms with Crippen molar-refractivity contribution in [3.63, 3.8) is 0 Å². The summed E-state index contributed by atoms with van der Waals surface area (Å²) in [4.78, 5) is 14.5. The van der Waals surface area contributed by atoms with E-state index in [2.05, 4.69) is 24.1 Å². The first kappa shape index (κ1) is 21.7. The Balaban J connectivity index is 1.58. The van der Waals surface area contributed by atoms with E-state index in [1.54, 1.807) is 12.1 Å². The molecule has 8 heteroatoms. The fourth-order valence-electron chi connectivity index (χ4n) is 3.11. The molecule has 0 saturated carbocycles. The van der Waals surface area contributed by atoms with Gasteiger partial charge in [-0.1, -0.05) is 0 Å². The Kier molecular flexibility index (Phi) is 8.07. The maximum absolute atomic E-state index is 11.9. The first-order chi connectivity index (χ1) is 12.7. The van der Waals surface area contributed by atoms with E-state index < -0.39 is 9.84 Å². The van der Waals surface area contributed by atoms with E-state index in [0.29, 0.717) is 31.7 Å². The van der Waals surface area contributed by atoms with Crippen molar-refractivity contribution in [3.8, 4) is 5.75 Å². The van der Waals surface area contributed by atoms with Crippen LogP contribution in [0.1, 0.15) is 26.7 Å². The lowest BCUT2D eigenvalue weighted by Gasteiger charge is -2.35. The highest BCUT2D eigenvalue weighted by molar-refractivity contribution is 7.90. The lowest BCUT2D eigenvalue weighted by molar-refractivity contribution is -0.121. The zero-order chi connectivity index (χ0) is 19.9. The van der Waals surface area contributed by atoms with Gasteiger partial charge in [-0.15, -0.1) is 0 Å². The molecule has 1 aromatic rings. The highest BCUT2D eigenvalue weighted by atomic mass is 32.2. The Morgan fingerprint density at radius 2 is 1.85 bits per heavy atom. The molecule has 7 nitrogen and oxygen atoms in total. The number of hydrogen-bond donors (Lipinski definition) is 1. The van der Waals surface area contributed by atoms with Gasteiger partial charge in [-0.05, 0) is 44.5 Å². The normalized spacial score (nSPS) is 21.0. The molecule has 1 fully saturated rings. The first-order valence-electron chi connectivity index (χ1n) is 9.31. The van der Waals surface area contributed by atoms with E-state index >= 15 is 0 Å². The van der Waals surface area contributed by atoms with Gasteiger partial charge in [0.15, 0.2) is 9.84 Å². The second-order valence-electron chi connectivity index (χ2n) is 7.06.